The molecule has 0 spiro atoms. The smallest absolute Gasteiger partial charge is 0.339 e. The molecule has 0 aromatic heterocycles. The fourth-order valence-electron chi connectivity index (χ4n) is 2.83. The molecule has 0 fully saturated rings. The van der Waals surface area contributed by atoms with Crippen molar-refractivity contribution in [3.05, 3.63) is 47.0 Å². The Balaban J connectivity index is 2.16. The zero-order valence-electron chi connectivity index (χ0n) is 9.32. The highest BCUT2D eigenvalue weighted by Crippen LogP contribution is 2.46. The lowest BCUT2D eigenvalue weighted by Gasteiger charge is -2.29. The van der Waals surface area contributed by atoms with Crippen molar-refractivity contribution in [1.82, 2.24) is 0 Å². The van der Waals surface area contributed by atoms with Crippen LogP contribution in [0.15, 0.2) is 30.4 Å². The average Bonchev–Trinajstić information content (AvgIpc) is 2.59. The molecule has 0 bridgehead atoms. The van der Waals surface area contributed by atoms with Gasteiger partial charge in [0.05, 0.1) is 5.56 Å². The van der Waals surface area contributed by atoms with Gasteiger partial charge < -0.3 is 4.74 Å². The first kappa shape index (κ1) is 9.64. The van der Waals surface area contributed by atoms with Gasteiger partial charge >= 0.3 is 5.97 Å². The van der Waals surface area contributed by atoms with E-state index in [1.165, 1.54) is 5.56 Å². The predicted molar refractivity (Wildman–Crippen MR) is 61.2 cm³/mol. The van der Waals surface area contributed by atoms with Gasteiger partial charge in [0.15, 0.2) is 0 Å². The Kier molecular flexibility index (Phi) is 1.93. The zero-order valence-corrected chi connectivity index (χ0v) is 9.32. The second kappa shape index (κ2) is 3.21. The number of hydrogen-bond donors (Lipinski definition) is 0. The van der Waals surface area contributed by atoms with Crippen LogP contribution in [0.3, 0.4) is 0 Å². The summed E-state index contributed by atoms with van der Waals surface area (Å²) in [4.78, 5) is 11.7. The molecular formula is C14H14O2. The van der Waals surface area contributed by atoms with Crippen molar-refractivity contribution in [2.45, 2.75) is 25.9 Å². The Hall–Kier alpha value is -1.57. The molecule has 0 saturated heterocycles. The fourth-order valence-corrected chi connectivity index (χ4v) is 2.83. The molecular weight excluding hydrogens is 200 g/mol. The molecule has 0 saturated carbocycles. The number of ether oxygens (including phenoxy) is 1. The van der Waals surface area contributed by atoms with Crippen molar-refractivity contribution in [3.8, 4) is 0 Å². The van der Waals surface area contributed by atoms with Crippen molar-refractivity contribution in [1.29, 1.82) is 0 Å². The number of rotatable bonds is 1. The van der Waals surface area contributed by atoms with Gasteiger partial charge in [0.2, 0.25) is 0 Å². The molecule has 1 aliphatic carbocycles. The van der Waals surface area contributed by atoms with Crippen LogP contribution in [0.1, 0.15) is 40.9 Å². The summed E-state index contributed by atoms with van der Waals surface area (Å²) < 4.78 is 5.49. The van der Waals surface area contributed by atoms with Gasteiger partial charge in [-0.3, -0.25) is 0 Å². The molecule has 1 aromatic carbocycles. The average molecular weight is 214 g/mol. The lowest BCUT2D eigenvalue weighted by atomic mass is 9.78. The molecule has 0 N–H and O–H groups in total. The minimum atomic E-state index is -0.171. The molecule has 82 valence electrons. The van der Waals surface area contributed by atoms with Crippen molar-refractivity contribution in [3.63, 3.8) is 0 Å². The van der Waals surface area contributed by atoms with Crippen LogP contribution in [0.2, 0.25) is 0 Å². The van der Waals surface area contributed by atoms with E-state index in [1.807, 2.05) is 19.1 Å². The van der Waals surface area contributed by atoms with Crippen LogP contribution >= 0.6 is 0 Å². The molecule has 1 aromatic rings. The zero-order chi connectivity index (χ0) is 11.3. The van der Waals surface area contributed by atoms with Crippen molar-refractivity contribution >= 4 is 5.97 Å². The number of esters is 1. The largest absolute Gasteiger partial charge is 0.453 e. The maximum atomic E-state index is 11.7. The Labute approximate surface area is 94.9 Å². The number of benzene rings is 1. The van der Waals surface area contributed by atoms with E-state index in [9.17, 15) is 4.79 Å². The molecule has 2 heteroatoms. The van der Waals surface area contributed by atoms with Gasteiger partial charge in [-0.15, -0.1) is 0 Å². The van der Waals surface area contributed by atoms with Gasteiger partial charge in [0.25, 0.3) is 0 Å². The van der Waals surface area contributed by atoms with Gasteiger partial charge in [-0.25, -0.2) is 4.79 Å². The van der Waals surface area contributed by atoms with Gasteiger partial charge in [-0.2, -0.15) is 0 Å². The maximum Gasteiger partial charge on any atom is 0.339 e. The van der Waals surface area contributed by atoms with E-state index in [1.54, 1.807) is 0 Å². The second-order valence-electron chi connectivity index (χ2n) is 4.70. The van der Waals surface area contributed by atoms with Crippen LogP contribution in [0.4, 0.5) is 0 Å². The summed E-state index contributed by atoms with van der Waals surface area (Å²) in [6.45, 7) is 6.03. The summed E-state index contributed by atoms with van der Waals surface area (Å²) in [6.07, 6.45) is 1.97. The minimum absolute atomic E-state index is 0.0788. The summed E-state index contributed by atoms with van der Waals surface area (Å²) in [7, 11) is 0. The lowest BCUT2D eigenvalue weighted by Crippen LogP contribution is -2.20. The molecule has 0 unspecified atom stereocenters. The van der Waals surface area contributed by atoms with E-state index < -0.39 is 0 Å². The number of aryl methyl sites for hydroxylation is 1. The first-order valence-corrected chi connectivity index (χ1v) is 5.66. The molecule has 2 aliphatic rings. The summed E-state index contributed by atoms with van der Waals surface area (Å²) in [5.41, 5.74) is 4.26. The first-order chi connectivity index (χ1) is 7.68. The summed E-state index contributed by atoms with van der Waals surface area (Å²) in [6, 6.07) is 5.91. The second-order valence-corrected chi connectivity index (χ2v) is 4.70. The van der Waals surface area contributed by atoms with Crippen LogP contribution in [0.25, 0.3) is 0 Å². The van der Waals surface area contributed by atoms with E-state index in [0.29, 0.717) is 5.92 Å². The lowest BCUT2D eigenvalue weighted by molar-refractivity contribution is 0.0254. The third kappa shape index (κ3) is 1.16. The Morgan fingerprint density at radius 2 is 2.31 bits per heavy atom. The summed E-state index contributed by atoms with van der Waals surface area (Å²) in [5, 5.41) is 0. The third-order valence-corrected chi connectivity index (χ3v) is 3.66. The topological polar surface area (TPSA) is 26.3 Å². The molecule has 2 nitrogen and oxygen atoms in total. The predicted octanol–water partition coefficient (Wildman–Crippen LogP) is 3.04. The van der Waals surface area contributed by atoms with Crippen LogP contribution in [-0.4, -0.2) is 5.97 Å². The van der Waals surface area contributed by atoms with Crippen molar-refractivity contribution in [2.75, 3.05) is 0 Å². The van der Waals surface area contributed by atoms with Gasteiger partial charge in [0, 0.05) is 11.5 Å². The molecule has 0 radical (unpaired) electrons. The number of hydrogen-bond acceptors (Lipinski definition) is 2. The molecule has 16 heavy (non-hydrogen) atoms. The van der Waals surface area contributed by atoms with Crippen LogP contribution in [0, 0.1) is 5.92 Å². The van der Waals surface area contributed by atoms with E-state index >= 15 is 0 Å². The normalized spacial score (nSPS) is 26.2. The molecule has 1 aliphatic heterocycles. The molecule has 0 amide bonds. The third-order valence-electron chi connectivity index (χ3n) is 3.66. The highest BCUT2D eigenvalue weighted by molar-refractivity contribution is 5.94. The van der Waals surface area contributed by atoms with Gasteiger partial charge in [0.1, 0.15) is 6.10 Å². The van der Waals surface area contributed by atoms with Crippen LogP contribution in [0.5, 0.6) is 0 Å². The standard InChI is InChI=1S/C14H14O2/c1-8(2)10-7-6-9-4-3-5-11-12(9)13(10)16-14(11)15/h3-5,10,13H,1,6-7H2,2H3/t10-,13-/m0/s1. The SMILES string of the molecule is C=C(C)[C@@H]1CCc2cccc3c2[C@H]1OC3=O. The molecule has 2 atom stereocenters. The van der Waals surface area contributed by atoms with E-state index in [2.05, 4.69) is 12.6 Å². The van der Waals surface area contributed by atoms with E-state index in [0.717, 1.165) is 29.5 Å². The number of carbonyl (C=O) groups is 1. The summed E-state index contributed by atoms with van der Waals surface area (Å²) in [5.74, 6) is 0.120. The van der Waals surface area contributed by atoms with Crippen molar-refractivity contribution in [2.24, 2.45) is 5.92 Å². The Morgan fingerprint density at radius 3 is 3.06 bits per heavy atom. The minimum Gasteiger partial charge on any atom is -0.453 e. The number of carbonyl (C=O) groups excluding carboxylic acids is 1. The quantitative estimate of drug-likeness (QED) is 0.530. The fraction of sp³-hybridized carbons (Fsp3) is 0.357. The molecule has 1 heterocycles. The molecule has 3 rings (SSSR count). The maximum absolute atomic E-state index is 11.7. The van der Waals surface area contributed by atoms with E-state index in [4.69, 9.17) is 4.74 Å². The highest BCUT2D eigenvalue weighted by atomic mass is 16.5. The first-order valence-electron chi connectivity index (χ1n) is 5.66. The van der Waals surface area contributed by atoms with Crippen molar-refractivity contribution < 1.29 is 9.53 Å². The Bertz CT molecular complexity index is 488. The van der Waals surface area contributed by atoms with Gasteiger partial charge in [-0.05, 0) is 31.4 Å². The van der Waals surface area contributed by atoms with Gasteiger partial charge in [-0.1, -0.05) is 24.3 Å². The van der Waals surface area contributed by atoms with E-state index in [-0.39, 0.29) is 12.1 Å². The monoisotopic (exact) mass is 214 g/mol. The van der Waals surface area contributed by atoms with Crippen LogP contribution in [-0.2, 0) is 11.2 Å². The summed E-state index contributed by atoms with van der Waals surface area (Å²) >= 11 is 0. The highest BCUT2D eigenvalue weighted by Gasteiger charge is 2.40. The Morgan fingerprint density at radius 1 is 1.50 bits per heavy atom. The van der Waals surface area contributed by atoms with Crippen LogP contribution < -0.4 is 0 Å².